The molecule has 1 N–H and O–H groups in total. The van der Waals surface area contributed by atoms with Crippen LogP contribution in [0, 0.1) is 0 Å². The van der Waals surface area contributed by atoms with Crippen molar-refractivity contribution >= 4 is 39.3 Å². The number of hydrogen-bond donors (Lipinski definition) is 1. The fourth-order valence-corrected chi connectivity index (χ4v) is 4.06. The van der Waals surface area contributed by atoms with Gasteiger partial charge in [-0.2, -0.15) is 8.42 Å². The van der Waals surface area contributed by atoms with Crippen LogP contribution in [0.4, 0.5) is 5.69 Å². The summed E-state index contributed by atoms with van der Waals surface area (Å²) in [6, 6.07) is 14.1. The molecule has 2 aromatic carbocycles. The topological polar surface area (TPSA) is 88.1 Å². The number of methoxy groups -OCH3 is 1. The van der Waals surface area contributed by atoms with Crippen molar-refractivity contribution in [2.45, 2.75) is 4.90 Å². The zero-order valence-electron chi connectivity index (χ0n) is 15.5. The molecule has 0 atom stereocenters. The van der Waals surface area contributed by atoms with E-state index in [0.717, 1.165) is 9.20 Å². The number of allylic oxidation sites excluding steroid dienone is 1. The van der Waals surface area contributed by atoms with Crippen LogP contribution in [0.2, 0.25) is 0 Å². The van der Waals surface area contributed by atoms with Crippen molar-refractivity contribution in [1.82, 2.24) is 4.31 Å². The molecule has 146 valence electrons. The number of carbonyl (C=O) groups is 1. The highest BCUT2D eigenvalue weighted by Crippen LogP contribution is 2.27. The van der Waals surface area contributed by atoms with Crippen molar-refractivity contribution in [3.8, 4) is 5.75 Å². The number of likely N-dealkylation sites (N-methyl/N-ethyl adjacent to an activating group) is 1. The van der Waals surface area contributed by atoms with E-state index in [2.05, 4.69) is 9.71 Å². The van der Waals surface area contributed by atoms with Crippen LogP contribution in [0.25, 0.3) is 0 Å². The second kappa shape index (κ2) is 8.07. The lowest BCUT2D eigenvalue weighted by Gasteiger charge is -2.24. The van der Waals surface area contributed by atoms with Gasteiger partial charge in [-0.15, -0.1) is 16.2 Å². The molecule has 0 fully saturated rings. The number of ether oxygens (including phenoxy) is 1. The molecular formula is C19H19N3O4S2. The maximum absolute atomic E-state index is 12.8. The van der Waals surface area contributed by atoms with Crippen molar-refractivity contribution in [1.29, 1.82) is 0 Å². The second-order valence-electron chi connectivity index (χ2n) is 5.83. The number of nitrogens with zero attached hydrogens (tertiary/aromatic N) is 2. The number of rotatable bonds is 5. The van der Waals surface area contributed by atoms with Crippen molar-refractivity contribution in [3.63, 3.8) is 0 Å². The van der Waals surface area contributed by atoms with E-state index in [1.807, 2.05) is 18.4 Å². The third-order valence-corrected chi connectivity index (χ3v) is 6.26. The number of carbonyl (C=O) groups excluding carboxylic acids is 1. The number of anilines is 1. The highest BCUT2D eigenvalue weighted by atomic mass is 32.2. The van der Waals surface area contributed by atoms with Gasteiger partial charge in [-0.25, -0.2) is 4.31 Å². The molecule has 1 heterocycles. The van der Waals surface area contributed by atoms with E-state index in [1.54, 1.807) is 43.5 Å². The Balaban J connectivity index is 1.97. The number of benzene rings is 2. The van der Waals surface area contributed by atoms with E-state index in [-0.39, 0.29) is 11.4 Å². The summed E-state index contributed by atoms with van der Waals surface area (Å²) in [5, 5.41) is 2.78. The van der Waals surface area contributed by atoms with Crippen molar-refractivity contribution in [3.05, 3.63) is 65.9 Å². The molecule has 0 saturated heterocycles. The summed E-state index contributed by atoms with van der Waals surface area (Å²) in [4.78, 5) is 13.7. The van der Waals surface area contributed by atoms with Gasteiger partial charge in [-0.3, -0.25) is 4.79 Å². The van der Waals surface area contributed by atoms with Crippen LogP contribution in [0.5, 0.6) is 5.75 Å². The molecule has 0 saturated carbocycles. The molecule has 0 aromatic heterocycles. The van der Waals surface area contributed by atoms with Gasteiger partial charge >= 0.3 is 10.2 Å². The average molecular weight is 418 g/mol. The lowest BCUT2D eigenvalue weighted by molar-refractivity contribution is -0.113. The lowest BCUT2D eigenvalue weighted by Crippen LogP contribution is -2.35. The van der Waals surface area contributed by atoms with Crippen LogP contribution >= 0.6 is 11.8 Å². The van der Waals surface area contributed by atoms with Crippen molar-refractivity contribution < 1.29 is 17.9 Å². The lowest BCUT2D eigenvalue weighted by atomic mass is 10.1. The zero-order chi connectivity index (χ0) is 20.3. The smallest absolute Gasteiger partial charge is 0.345 e. The van der Waals surface area contributed by atoms with Gasteiger partial charge < -0.3 is 10.1 Å². The molecule has 1 aliphatic rings. The minimum atomic E-state index is -4.02. The van der Waals surface area contributed by atoms with Gasteiger partial charge in [0.15, 0.2) is 0 Å². The molecule has 3 rings (SSSR count). The molecule has 2 aromatic rings. The molecule has 1 aliphatic heterocycles. The molecule has 0 unspecified atom stereocenters. The minimum absolute atomic E-state index is 0.0169. The first kappa shape index (κ1) is 20.0. The van der Waals surface area contributed by atoms with E-state index in [0.29, 0.717) is 17.0 Å². The van der Waals surface area contributed by atoms with E-state index >= 15 is 0 Å². The molecule has 0 radical (unpaired) electrons. The predicted octanol–water partition coefficient (Wildman–Crippen LogP) is 2.92. The number of para-hydroxylation sites is 1. The number of amides is 1. The fourth-order valence-electron chi connectivity index (χ4n) is 2.60. The maximum atomic E-state index is 12.8. The summed E-state index contributed by atoms with van der Waals surface area (Å²) in [7, 11) is -1.18. The Morgan fingerprint density at radius 1 is 1.14 bits per heavy atom. The average Bonchev–Trinajstić information content (AvgIpc) is 2.70. The summed E-state index contributed by atoms with van der Waals surface area (Å²) in [5.74, 6) is 0.101. The normalized spacial score (nSPS) is 15.5. The molecule has 0 aliphatic carbocycles. The highest BCUT2D eigenvalue weighted by Gasteiger charge is 2.30. The molecule has 0 bridgehead atoms. The molecule has 0 spiro atoms. The summed E-state index contributed by atoms with van der Waals surface area (Å²) >= 11 is 1.48. The molecule has 7 nitrogen and oxygen atoms in total. The number of hydrogen-bond acceptors (Lipinski definition) is 5. The summed E-state index contributed by atoms with van der Waals surface area (Å²) < 4.78 is 34.7. The van der Waals surface area contributed by atoms with Gasteiger partial charge in [0, 0.05) is 17.5 Å². The third kappa shape index (κ3) is 4.05. The first-order valence-corrected chi connectivity index (χ1v) is 10.9. The first-order valence-electron chi connectivity index (χ1n) is 8.25. The van der Waals surface area contributed by atoms with Crippen LogP contribution in [-0.2, 0) is 15.0 Å². The summed E-state index contributed by atoms with van der Waals surface area (Å²) in [6.45, 7) is 0. The van der Waals surface area contributed by atoms with Crippen LogP contribution in [-0.4, -0.2) is 44.8 Å². The van der Waals surface area contributed by atoms with E-state index in [1.165, 1.54) is 24.9 Å². The Bertz CT molecular complexity index is 1060. The second-order valence-corrected chi connectivity index (χ2v) is 8.31. The molecule has 1 amide bonds. The van der Waals surface area contributed by atoms with Crippen LogP contribution in [0.15, 0.2) is 69.6 Å². The summed E-state index contributed by atoms with van der Waals surface area (Å²) in [6.07, 6.45) is 3.36. The minimum Gasteiger partial charge on any atom is -0.497 e. The Kier molecular flexibility index (Phi) is 5.76. The summed E-state index contributed by atoms with van der Waals surface area (Å²) in [5.41, 5.74) is 1.34. The molecule has 28 heavy (non-hydrogen) atoms. The van der Waals surface area contributed by atoms with Crippen LogP contribution < -0.4 is 10.1 Å². The fraction of sp³-hybridized carbons (Fsp3) is 0.158. The Morgan fingerprint density at radius 3 is 2.46 bits per heavy atom. The van der Waals surface area contributed by atoms with Crippen molar-refractivity contribution in [2.24, 2.45) is 4.40 Å². The van der Waals surface area contributed by atoms with Gasteiger partial charge in [-0.05, 0) is 48.7 Å². The monoisotopic (exact) mass is 417 g/mol. The Hall–Kier alpha value is -2.78. The molecule has 9 heteroatoms. The first-order chi connectivity index (χ1) is 13.4. The van der Waals surface area contributed by atoms with E-state index < -0.39 is 16.1 Å². The third-order valence-electron chi connectivity index (χ3n) is 4.15. The Morgan fingerprint density at radius 2 is 1.82 bits per heavy atom. The number of thioether (sulfide) groups is 1. The van der Waals surface area contributed by atoms with Gasteiger partial charge in [-0.1, -0.05) is 12.1 Å². The van der Waals surface area contributed by atoms with Crippen LogP contribution in [0.3, 0.4) is 0 Å². The SMILES string of the molecule is COc1ccc(C2=NS(=O)(=O)N(C)C(C(=O)Nc3ccccc3SC)=C2)cc1. The maximum Gasteiger partial charge on any atom is 0.345 e. The van der Waals surface area contributed by atoms with Crippen LogP contribution in [0.1, 0.15) is 5.56 Å². The zero-order valence-corrected chi connectivity index (χ0v) is 17.2. The quantitative estimate of drug-likeness (QED) is 0.756. The highest BCUT2D eigenvalue weighted by molar-refractivity contribution is 7.98. The van der Waals surface area contributed by atoms with Crippen molar-refractivity contribution in [2.75, 3.05) is 25.7 Å². The Labute approximate surface area is 168 Å². The predicted molar refractivity (Wildman–Crippen MR) is 111 cm³/mol. The largest absolute Gasteiger partial charge is 0.497 e. The van der Waals surface area contributed by atoms with Gasteiger partial charge in [0.2, 0.25) is 0 Å². The molecular weight excluding hydrogens is 398 g/mol. The standard InChI is InChI=1S/C19H19N3O4S2/c1-22-17(19(23)20-15-6-4-5-7-18(15)27-3)12-16(21-28(22,24)25)13-8-10-14(26-2)11-9-13/h4-12H,1-3H3,(H,20,23). The van der Waals surface area contributed by atoms with E-state index in [9.17, 15) is 13.2 Å². The van der Waals surface area contributed by atoms with E-state index in [4.69, 9.17) is 4.74 Å². The number of nitrogens with one attached hydrogen (secondary N) is 1. The van der Waals surface area contributed by atoms with Gasteiger partial charge in [0.1, 0.15) is 11.4 Å². The van der Waals surface area contributed by atoms with Gasteiger partial charge in [0.25, 0.3) is 5.91 Å². The van der Waals surface area contributed by atoms with Gasteiger partial charge in [0.05, 0.1) is 18.5 Å².